The molecule has 72 heavy (non-hydrogen) atoms. The number of nitrogens with one attached hydrogen (secondary N) is 5. The van der Waals surface area contributed by atoms with Crippen LogP contribution < -0.4 is 82.1 Å². The number of primary amides is 1. The first kappa shape index (κ1) is 55.9. The number of hydrogen-bond acceptors (Lipinski definition) is 18. The van der Waals surface area contributed by atoms with Crippen molar-refractivity contribution < 1.29 is 48.5 Å². The Kier molecular flexibility index (Phi) is 19.9. The van der Waals surface area contributed by atoms with Crippen molar-refractivity contribution in [3.8, 4) is 11.8 Å². The van der Waals surface area contributed by atoms with Crippen molar-refractivity contribution in [3.05, 3.63) is 104 Å². The summed E-state index contributed by atoms with van der Waals surface area (Å²) < 4.78 is 5.18. The van der Waals surface area contributed by atoms with Crippen LogP contribution in [0.5, 0.6) is 5.75 Å². The van der Waals surface area contributed by atoms with E-state index in [1.54, 1.807) is 6.07 Å². The minimum absolute atomic E-state index is 0.0165. The summed E-state index contributed by atoms with van der Waals surface area (Å²) in [5.41, 5.74) is 40.6. The Balaban J connectivity index is 2.10. The van der Waals surface area contributed by atoms with Crippen LogP contribution in [0.2, 0.25) is 0 Å². The highest BCUT2D eigenvalue weighted by atomic mass is 16.6. The molecule has 0 aliphatic heterocycles. The van der Waals surface area contributed by atoms with Crippen LogP contribution in [0.4, 0.5) is 17.1 Å². The second kappa shape index (κ2) is 25.7. The maximum atomic E-state index is 14.5. The molecular weight excluding hydrogens is 955 g/mol. The maximum absolute atomic E-state index is 14.5. The zero-order chi connectivity index (χ0) is 54.0. The van der Waals surface area contributed by atoms with Gasteiger partial charge in [0.2, 0.25) is 36.5 Å². The van der Waals surface area contributed by atoms with Gasteiger partial charge in [0.25, 0.3) is 23.6 Å². The van der Waals surface area contributed by atoms with E-state index in [0.29, 0.717) is 5.75 Å². The lowest BCUT2D eigenvalue weighted by atomic mass is 10.0. The van der Waals surface area contributed by atoms with Gasteiger partial charge in [-0.05, 0) is 30.2 Å². The number of carbonyl (C=O) groups excluding carboxylic acids is 6. The first-order chi connectivity index (χ1) is 33.9. The fraction of sp³-hybridized carbons (Fsp3) is 0.256. The highest BCUT2D eigenvalue weighted by Gasteiger charge is 2.40. The number of anilines is 1. The first-order valence-electron chi connectivity index (χ1n) is 20.2. The Bertz CT molecular complexity index is 2660. The smallest absolute Gasteiger partial charge is 0.301 e. The minimum atomic E-state index is -2.22. The zero-order valence-corrected chi connectivity index (χ0v) is 37.9. The number of methoxy groups -OCH3 is 1. The van der Waals surface area contributed by atoms with Crippen molar-refractivity contribution in [1.82, 2.24) is 26.6 Å². The molecule has 0 heterocycles. The lowest BCUT2D eigenvalue weighted by molar-refractivity contribution is -0.392. The number of nitrogens with zero attached hydrogens (tertiary/aromatic N) is 8. The molecule has 33 nitrogen and oxygen atoms in total. The van der Waals surface area contributed by atoms with E-state index >= 15 is 0 Å². The number of aliphatic hydroxyl groups is 1. The number of nitriles is 1. The fourth-order valence-corrected chi connectivity index (χ4v) is 6.17. The number of hydrogen-bond donors (Lipinski definition) is 14. The molecule has 6 atom stereocenters. The van der Waals surface area contributed by atoms with Crippen molar-refractivity contribution in [2.24, 2.45) is 65.8 Å². The summed E-state index contributed by atoms with van der Waals surface area (Å²) in [5.74, 6) is -10.2. The van der Waals surface area contributed by atoms with Crippen LogP contribution >= 0.6 is 0 Å². The molecule has 0 bridgehead atoms. The van der Waals surface area contributed by atoms with Crippen LogP contribution in [0.3, 0.4) is 0 Å². The number of ether oxygens (including phenoxy) is 1. The van der Waals surface area contributed by atoms with Gasteiger partial charge in [-0.25, -0.2) is 20.0 Å². The van der Waals surface area contributed by atoms with Crippen LogP contribution in [0.15, 0.2) is 86.7 Å². The monoisotopic (exact) mass is 1000 g/mol. The minimum Gasteiger partial charge on any atom is -0.497 e. The molecule has 3 aromatic carbocycles. The van der Waals surface area contributed by atoms with Gasteiger partial charge < -0.3 is 87.2 Å². The molecule has 6 unspecified atom stereocenters. The summed E-state index contributed by atoms with van der Waals surface area (Å²) in [5, 5.41) is 56.1. The van der Waals surface area contributed by atoms with E-state index < -0.39 is 136 Å². The van der Waals surface area contributed by atoms with Gasteiger partial charge in [-0.2, -0.15) is 5.26 Å². The van der Waals surface area contributed by atoms with E-state index in [1.165, 1.54) is 68.6 Å². The third kappa shape index (κ3) is 15.9. The Hall–Kier alpha value is -10.4. The third-order valence-corrected chi connectivity index (χ3v) is 9.22. The van der Waals surface area contributed by atoms with E-state index in [9.17, 15) is 59.4 Å². The van der Waals surface area contributed by atoms with Crippen LogP contribution in [0.1, 0.15) is 29.7 Å². The summed E-state index contributed by atoms with van der Waals surface area (Å²) in [6.07, 6.45) is -8.31. The van der Waals surface area contributed by atoms with Crippen LogP contribution in [-0.2, 0) is 35.3 Å². The molecule has 0 aliphatic carbocycles. The first-order valence-corrected chi connectivity index (χ1v) is 20.2. The maximum Gasteiger partial charge on any atom is 0.301 e. The number of carbonyl (C=O) groups is 6. The second-order valence-corrected chi connectivity index (χ2v) is 14.5. The number of benzene rings is 3. The highest BCUT2D eigenvalue weighted by molar-refractivity contribution is 5.99. The van der Waals surface area contributed by atoms with E-state index in [-0.39, 0.29) is 17.0 Å². The average Bonchev–Trinajstić information content (AvgIpc) is 3.31. The second-order valence-electron chi connectivity index (χ2n) is 14.5. The standard InChI is InChI=1S/C39H49N21O12/c1-17(41)49-29(34(65)51-28(27(42)62)55-37(43)44)53-36(67)31(57-39(47)48)54-35(66)30(56-38(45)46)52-33(64)25(20-6-4-3-5-7-20)50-32(63)24(16-61)58(15-18-8-10-21(72-2)11-9-18)26-22(59(68)69)12-19(14-40)13-23(26)60(70)71/h3-13,24-25,28-31,61H,15-16H2,1-2H3,(H2,41,49)(H2,42,62)(H,50,63)(H,51,65)(H,52,64)(H,53,67)(H,54,66)(H4,43,44,55)(H4,45,46,56)(H4,47,48,57). The number of amides is 6. The molecule has 22 N–H and O–H groups in total. The third-order valence-electron chi connectivity index (χ3n) is 9.22. The lowest BCUT2D eigenvalue weighted by Gasteiger charge is -2.32. The number of nitro groups is 2. The van der Waals surface area contributed by atoms with Crippen LogP contribution in [0, 0.1) is 31.6 Å². The molecule has 6 amide bonds. The molecule has 382 valence electrons. The van der Waals surface area contributed by atoms with Gasteiger partial charge >= 0.3 is 11.4 Å². The fourth-order valence-electron chi connectivity index (χ4n) is 6.17. The SMILES string of the molecule is COc1ccc(CN(c2c([N+](=O)[O-])cc(C#N)cc2[N+](=O)[O-])C(CO)C(=O)NC(C(=O)NC(N=C(N)N)C(=O)NC(N=C(N)N)C(=O)NC(N=C(C)N)C(=O)NC(N=C(N)N)C(N)=O)c2ccccc2)cc1. The molecule has 0 aromatic heterocycles. The van der Waals surface area contributed by atoms with Crippen molar-refractivity contribution >= 4 is 76.2 Å². The number of guanidine groups is 3. The molecule has 3 aromatic rings. The van der Waals surface area contributed by atoms with Gasteiger partial charge in [-0.3, -0.25) is 49.0 Å². The summed E-state index contributed by atoms with van der Waals surface area (Å²) in [4.78, 5) is 120. The van der Waals surface area contributed by atoms with Gasteiger partial charge in [0.1, 0.15) is 17.8 Å². The number of aliphatic imine (C=N–C) groups is 4. The zero-order valence-electron chi connectivity index (χ0n) is 37.9. The Labute approximate surface area is 406 Å². The lowest BCUT2D eigenvalue weighted by Crippen LogP contribution is -2.58. The van der Waals surface area contributed by atoms with Gasteiger partial charge in [0, 0.05) is 18.7 Å². The molecule has 0 aliphatic rings. The summed E-state index contributed by atoms with van der Waals surface area (Å²) in [7, 11) is 1.37. The van der Waals surface area contributed by atoms with Gasteiger partial charge in [-0.1, -0.05) is 42.5 Å². The normalized spacial score (nSPS) is 13.2. The van der Waals surface area contributed by atoms with E-state index in [1.807, 2.05) is 5.32 Å². The predicted molar refractivity (Wildman–Crippen MR) is 253 cm³/mol. The number of aliphatic hydroxyl groups excluding tert-OH is 1. The van der Waals surface area contributed by atoms with Crippen LogP contribution in [0.25, 0.3) is 0 Å². The number of rotatable bonds is 24. The largest absolute Gasteiger partial charge is 0.497 e. The number of nitrogens with two attached hydrogens (primary N) is 8. The summed E-state index contributed by atoms with van der Waals surface area (Å²) in [6, 6.07) is 12.1. The topological polar surface area (TPSA) is 563 Å². The average molecular weight is 1000 g/mol. The number of nitro benzene ring substituents is 2. The molecule has 0 saturated carbocycles. The molecule has 0 fully saturated rings. The molecule has 0 saturated heterocycles. The summed E-state index contributed by atoms with van der Waals surface area (Å²) in [6.45, 7) is -0.564. The molecule has 0 radical (unpaired) electrons. The Morgan fingerprint density at radius 3 is 1.53 bits per heavy atom. The van der Waals surface area contributed by atoms with E-state index in [0.717, 1.165) is 17.0 Å². The van der Waals surface area contributed by atoms with Crippen molar-refractivity contribution in [2.45, 2.75) is 50.2 Å². The molecule has 33 heteroatoms. The summed E-state index contributed by atoms with van der Waals surface area (Å²) >= 11 is 0. The van der Waals surface area contributed by atoms with Gasteiger partial charge in [0.05, 0.1) is 41.0 Å². The van der Waals surface area contributed by atoms with Crippen molar-refractivity contribution in [3.63, 3.8) is 0 Å². The highest BCUT2D eigenvalue weighted by Crippen LogP contribution is 2.41. The van der Waals surface area contributed by atoms with E-state index in [4.69, 9.17) is 50.6 Å². The molecular formula is C39H49N21O12. The Morgan fingerprint density at radius 2 is 1.12 bits per heavy atom. The molecule has 3 rings (SSSR count). The van der Waals surface area contributed by atoms with Crippen LogP contribution in [-0.4, -0.2) is 119 Å². The molecule has 0 spiro atoms. The van der Waals surface area contributed by atoms with Crippen molar-refractivity contribution in [1.29, 1.82) is 5.26 Å². The Morgan fingerprint density at radius 1 is 0.681 bits per heavy atom. The van der Waals surface area contributed by atoms with Gasteiger partial charge in [0.15, 0.2) is 23.6 Å². The number of amidine groups is 1. The predicted octanol–water partition coefficient (Wildman–Crippen LogP) is -5.94. The van der Waals surface area contributed by atoms with Crippen molar-refractivity contribution in [2.75, 3.05) is 18.6 Å². The van der Waals surface area contributed by atoms with E-state index in [2.05, 4.69) is 41.2 Å². The quantitative estimate of drug-likeness (QED) is 0.0172. The van der Waals surface area contributed by atoms with Gasteiger partial charge in [-0.15, -0.1) is 0 Å².